The summed E-state index contributed by atoms with van der Waals surface area (Å²) in [5.41, 5.74) is 4.45. The van der Waals surface area contributed by atoms with Crippen LogP contribution in [-0.4, -0.2) is 57.9 Å². The van der Waals surface area contributed by atoms with Gasteiger partial charge in [0.15, 0.2) is 5.82 Å². The molecule has 1 fully saturated rings. The summed E-state index contributed by atoms with van der Waals surface area (Å²) in [4.78, 5) is 38.3. The van der Waals surface area contributed by atoms with Crippen molar-refractivity contribution in [2.24, 2.45) is 11.7 Å². The molecule has 10 nitrogen and oxygen atoms in total. The number of nitrogens with zero attached hydrogens (tertiary/aromatic N) is 3. The molecule has 1 aromatic heterocycles. The zero-order valence-electron chi connectivity index (χ0n) is 19.7. The molecule has 3 amide bonds. The Bertz CT molecular complexity index is 888. The van der Waals surface area contributed by atoms with Gasteiger partial charge in [0.1, 0.15) is 17.4 Å². The van der Waals surface area contributed by atoms with E-state index in [2.05, 4.69) is 10.4 Å². The fraction of sp³-hybridized carbons (Fsp3) is 0.652. The lowest BCUT2D eigenvalue weighted by Gasteiger charge is -2.28. The van der Waals surface area contributed by atoms with E-state index in [0.29, 0.717) is 49.8 Å². The van der Waals surface area contributed by atoms with Gasteiger partial charge in [-0.2, -0.15) is 5.10 Å². The van der Waals surface area contributed by atoms with Crippen LogP contribution >= 0.6 is 0 Å². The number of amides is 3. The number of nitrogens with one attached hydrogen (secondary N) is 1. The summed E-state index contributed by atoms with van der Waals surface area (Å²) in [5, 5.41) is 7.32. The lowest BCUT2D eigenvalue weighted by Crippen LogP contribution is -2.46. The maximum absolute atomic E-state index is 13.2. The van der Waals surface area contributed by atoms with Gasteiger partial charge in [-0.25, -0.2) is 4.79 Å². The number of methoxy groups -OCH3 is 1. The lowest BCUT2D eigenvalue weighted by molar-refractivity contribution is -0.134. The first kappa shape index (κ1) is 24.6. The second kappa shape index (κ2) is 10.7. The van der Waals surface area contributed by atoms with E-state index in [1.807, 2.05) is 0 Å². The lowest BCUT2D eigenvalue weighted by atomic mass is 9.97. The summed E-state index contributed by atoms with van der Waals surface area (Å²) >= 11 is 0. The standard InChI is InChI=1S/C23H35N5O5/c1-23(2,33-22(24)31)10-6-11-27-12-9-19(26-27)25-21(30)18(13-16-7-4-5-8-16)28-15-17(32-3)14-20(28)29/h9,12,14,16,18H,4-8,10-11,13,15H2,1-3H3,(H2,24,31)(H,25,26,30)/t18-/m0/s1. The Labute approximate surface area is 194 Å². The summed E-state index contributed by atoms with van der Waals surface area (Å²) in [6.45, 7) is 4.51. The van der Waals surface area contributed by atoms with Gasteiger partial charge in [-0.05, 0) is 39.0 Å². The van der Waals surface area contributed by atoms with Gasteiger partial charge in [-0.1, -0.05) is 25.7 Å². The molecule has 3 N–H and O–H groups in total. The van der Waals surface area contributed by atoms with Gasteiger partial charge >= 0.3 is 6.09 Å². The summed E-state index contributed by atoms with van der Waals surface area (Å²) in [6, 6.07) is 1.17. The van der Waals surface area contributed by atoms with E-state index in [9.17, 15) is 14.4 Å². The van der Waals surface area contributed by atoms with Gasteiger partial charge in [0, 0.05) is 24.9 Å². The van der Waals surface area contributed by atoms with Crippen LogP contribution in [0.4, 0.5) is 10.6 Å². The SMILES string of the molecule is COC1=CC(=O)N([C@@H](CC2CCCC2)C(=O)Nc2ccn(CCCC(C)(C)OC(N)=O)n2)C1. The molecule has 10 heteroatoms. The number of ether oxygens (including phenoxy) is 2. The molecule has 0 aromatic carbocycles. The fourth-order valence-corrected chi connectivity index (χ4v) is 4.59. The minimum Gasteiger partial charge on any atom is -0.499 e. The highest BCUT2D eigenvalue weighted by Gasteiger charge is 2.36. The highest BCUT2D eigenvalue weighted by atomic mass is 16.6. The molecule has 0 unspecified atom stereocenters. The third-order valence-corrected chi connectivity index (χ3v) is 6.30. The van der Waals surface area contributed by atoms with E-state index in [0.717, 1.165) is 12.8 Å². The largest absolute Gasteiger partial charge is 0.499 e. The van der Waals surface area contributed by atoms with Crippen molar-refractivity contribution < 1.29 is 23.9 Å². The molecule has 33 heavy (non-hydrogen) atoms. The van der Waals surface area contributed by atoms with Gasteiger partial charge in [0.2, 0.25) is 5.91 Å². The third kappa shape index (κ3) is 6.97. The van der Waals surface area contributed by atoms with Crippen molar-refractivity contribution in [1.82, 2.24) is 14.7 Å². The second-order valence-corrected chi connectivity index (χ2v) is 9.42. The fourth-order valence-electron chi connectivity index (χ4n) is 4.59. The van der Waals surface area contributed by atoms with Crippen LogP contribution in [0.2, 0.25) is 0 Å². The number of aromatic nitrogens is 2. The van der Waals surface area contributed by atoms with Gasteiger partial charge in [-0.3, -0.25) is 14.3 Å². The van der Waals surface area contributed by atoms with Gasteiger partial charge in [0.25, 0.3) is 5.91 Å². The topological polar surface area (TPSA) is 129 Å². The zero-order valence-corrected chi connectivity index (χ0v) is 19.7. The van der Waals surface area contributed by atoms with Crippen LogP contribution in [0.25, 0.3) is 0 Å². The van der Waals surface area contributed by atoms with Gasteiger partial charge in [0.05, 0.1) is 13.7 Å². The minimum absolute atomic E-state index is 0.198. The van der Waals surface area contributed by atoms with Crippen molar-refractivity contribution in [3.05, 3.63) is 24.1 Å². The van der Waals surface area contributed by atoms with Crippen LogP contribution in [0.5, 0.6) is 0 Å². The van der Waals surface area contributed by atoms with Crippen LogP contribution < -0.4 is 11.1 Å². The van der Waals surface area contributed by atoms with Crippen LogP contribution in [0.3, 0.4) is 0 Å². The Morgan fingerprint density at radius 1 is 1.33 bits per heavy atom. The number of hydrogen-bond acceptors (Lipinski definition) is 6. The van der Waals surface area contributed by atoms with Crippen LogP contribution in [0, 0.1) is 5.92 Å². The third-order valence-electron chi connectivity index (χ3n) is 6.30. The van der Waals surface area contributed by atoms with E-state index in [1.54, 1.807) is 35.7 Å². The molecule has 1 aromatic rings. The molecule has 0 bridgehead atoms. The molecule has 0 spiro atoms. The van der Waals surface area contributed by atoms with Gasteiger partial charge < -0.3 is 25.4 Å². The summed E-state index contributed by atoms with van der Waals surface area (Å²) < 4.78 is 12.1. The molecule has 1 atom stereocenters. The van der Waals surface area contributed by atoms with Crippen molar-refractivity contribution in [3.8, 4) is 0 Å². The Kier molecular flexibility index (Phi) is 7.99. The zero-order chi connectivity index (χ0) is 24.0. The number of hydrogen-bond donors (Lipinski definition) is 2. The van der Waals surface area contributed by atoms with Gasteiger partial charge in [-0.15, -0.1) is 0 Å². The van der Waals surface area contributed by atoms with Crippen LogP contribution in [-0.2, 0) is 25.6 Å². The Hall–Kier alpha value is -3.04. The van der Waals surface area contributed by atoms with Crippen molar-refractivity contribution in [2.75, 3.05) is 19.0 Å². The Balaban J connectivity index is 1.58. The number of nitrogens with two attached hydrogens (primary N) is 1. The predicted octanol–water partition coefficient (Wildman–Crippen LogP) is 2.80. The van der Waals surface area contributed by atoms with Crippen LogP contribution in [0.15, 0.2) is 24.1 Å². The van der Waals surface area contributed by atoms with Crippen molar-refractivity contribution in [2.45, 2.75) is 77.0 Å². The summed E-state index contributed by atoms with van der Waals surface area (Å²) in [6.07, 6.45) is 8.92. The first-order valence-electron chi connectivity index (χ1n) is 11.5. The molecule has 182 valence electrons. The molecular formula is C23H35N5O5. The van der Waals surface area contributed by atoms with Crippen LogP contribution in [0.1, 0.15) is 58.8 Å². The van der Waals surface area contributed by atoms with E-state index in [1.165, 1.54) is 26.0 Å². The number of aryl methyl sites for hydroxylation is 1. The van der Waals surface area contributed by atoms with Crippen molar-refractivity contribution in [3.63, 3.8) is 0 Å². The van der Waals surface area contributed by atoms with Crippen molar-refractivity contribution >= 4 is 23.7 Å². The minimum atomic E-state index is -0.791. The molecule has 2 aliphatic rings. The molecule has 2 heterocycles. The number of carbonyl (C=O) groups is 3. The maximum Gasteiger partial charge on any atom is 0.405 e. The normalized spacial score (nSPS) is 17.7. The first-order chi connectivity index (χ1) is 15.7. The number of rotatable bonds is 11. The maximum atomic E-state index is 13.2. The smallest absolute Gasteiger partial charge is 0.405 e. The molecule has 1 aliphatic heterocycles. The molecule has 1 aliphatic carbocycles. The quantitative estimate of drug-likeness (QED) is 0.521. The summed E-state index contributed by atoms with van der Waals surface area (Å²) in [7, 11) is 1.53. The van der Waals surface area contributed by atoms with E-state index in [4.69, 9.17) is 15.2 Å². The Morgan fingerprint density at radius 3 is 2.70 bits per heavy atom. The van der Waals surface area contributed by atoms with E-state index < -0.39 is 17.7 Å². The molecule has 3 rings (SSSR count). The molecule has 0 radical (unpaired) electrons. The highest BCUT2D eigenvalue weighted by Crippen LogP contribution is 2.31. The van der Waals surface area contributed by atoms with E-state index in [-0.39, 0.29) is 11.8 Å². The van der Waals surface area contributed by atoms with E-state index >= 15 is 0 Å². The van der Waals surface area contributed by atoms with Crippen molar-refractivity contribution in [1.29, 1.82) is 0 Å². The predicted molar refractivity (Wildman–Crippen MR) is 122 cm³/mol. The summed E-state index contributed by atoms with van der Waals surface area (Å²) in [5.74, 6) is 1.01. The molecule has 1 saturated carbocycles. The Morgan fingerprint density at radius 2 is 2.06 bits per heavy atom. The molecular weight excluding hydrogens is 426 g/mol. The average molecular weight is 462 g/mol. The number of carbonyl (C=O) groups excluding carboxylic acids is 3. The monoisotopic (exact) mass is 461 g/mol. The second-order valence-electron chi connectivity index (χ2n) is 9.42. The number of primary amides is 1. The highest BCUT2D eigenvalue weighted by molar-refractivity contribution is 5.99. The first-order valence-corrected chi connectivity index (χ1v) is 11.5. The average Bonchev–Trinajstić information content (AvgIpc) is 3.47. The molecule has 0 saturated heterocycles. The number of anilines is 1.